The van der Waals surface area contributed by atoms with Gasteiger partial charge in [0.1, 0.15) is 0 Å². The van der Waals surface area contributed by atoms with E-state index in [1.165, 1.54) is 0 Å². The lowest BCUT2D eigenvalue weighted by Crippen LogP contribution is -2.26. The molecule has 2 aliphatic heterocycles. The third-order valence-corrected chi connectivity index (χ3v) is 5.26. The monoisotopic (exact) mass is 377 g/mol. The highest BCUT2D eigenvalue weighted by Crippen LogP contribution is 2.37. The Morgan fingerprint density at radius 1 is 1.07 bits per heavy atom. The zero-order chi connectivity index (χ0) is 19.3. The number of ether oxygens (including phenoxy) is 2. The number of benzene rings is 2. The molecule has 0 bridgehead atoms. The van der Waals surface area contributed by atoms with E-state index in [1.807, 2.05) is 55.1 Å². The van der Waals surface area contributed by atoms with Crippen LogP contribution in [-0.4, -0.2) is 29.4 Å². The van der Waals surface area contributed by atoms with Crippen molar-refractivity contribution in [1.29, 1.82) is 0 Å². The number of hydrogen-bond donors (Lipinski definition) is 0. The average molecular weight is 377 g/mol. The van der Waals surface area contributed by atoms with Crippen LogP contribution in [0.1, 0.15) is 29.4 Å². The van der Waals surface area contributed by atoms with Gasteiger partial charge < -0.3 is 18.9 Å². The molecular formula is C21H19N3O4. The van der Waals surface area contributed by atoms with Crippen LogP contribution in [0, 0.1) is 13.8 Å². The van der Waals surface area contributed by atoms with Crippen LogP contribution in [0.3, 0.4) is 0 Å². The Hall–Kier alpha value is -3.35. The molecule has 142 valence electrons. The largest absolute Gasteiger partial charge is 0.454 e. The number of carbonyl (C=O) groups excluding carboxylic acids is 1. The lowest BCUT2D eigenvalue weighted by molar-refractivity contribution is -0.117. The Kier molecular flexibility index (Phi) is 3.82. The van der Waals surface area contributed by atoms with E-state index in [0.29, 0.717) is 36.2 Å². The summed E-state index contributed by atoms with van der Waals surface area (Å²) in [7, 11) is 0. The highest BCUT2D eigenvalue weighted by molar-refractivity contribution is 5.97. The minimum absolute atomic E-state index is 0.0743. The summed E-state index contributed by atoms with van der Waals surface area (Å²) in [6.45, 7) is 4.79. The van der Waals surface area contributed by atoms with Gasteiger partial charge in [-0.3, -0.25) is 4.79 Å². The number of fused-ring (bicyclic) bond motifs is 1. The van der Waals surface area contributed by atoms with Crippen molar-refractivity contribution in [3.63, 3.8) is 0 Å². The maximum atomic E-state index is 12.7. The summed E-state index contributed by atoms with van der Waals surface area (Å²) in [5.74, 6) is 2.28. The number of aromatic nitrogens is 2. The van der Waals surface area contributed by atoms with Gasteiger partial charge in [0, 0.05) is 24.2 Å². The van der Waals surface area contributed by atoms with Crippen LogP contribution in [0.25, 0.3) is 11.4 Å². The Morgan fingerprint density at radius 2 is 1.86 bits per heavy atom. The lowest BCUT2D eigenvalue weighted by Gasteiger charge is -2.21. The number of para-hydroxylation sites is 1. The van der Waals surface area contributed by atoms with Crippen LogP contribution in [0.5, 0.6) is 11.5 Å². The lowest BCUT2D eigenvalue weighted by atomic mass is 10.1. The number of rotatable bonds is 3. The normalized spacial score (nSPS) is 18.1. The van der Waals surface area contributed by atoms with Gasteiger partial charge in [-0.15, -0.1) is 0 Å². The summed E-state index contributed by atoms with van der Waals surface area (Å²) in [6, 6.07) is 11.6. The summed E-state index contributed by atoms with van der Waals surface area (Å²) in [5, 5.41) is 4.10. The fourth-order valence-electron chi connectivity index (χ4n) is 3.87. The van der Waals surface area contributed by atoms with E-state index >= 15 is 0 Å². The third-order valence-electron chi connectivity index (χ3n) is 5.26. The SMILES string of the molecule is Cc1cccc(C)c1N1CC(c2nc(-c3ccc4c(c3)OCO4)no2)CC1=O. The average Bonchev–Trinajstić information content (AvgIpc) is 3.40. The topological polar surface area (TPSA) is 77.7 Å². The van der Waals surface area contributed by atoms with Crippen molar-refractivity contribution in [2.45, 2.75) is 26.2 Å². The van der Waals surface area contributed by atoms with Crippen molar-refractivity contribution in [3.8, 4) is 22.9 Å². The van der Waals surface area contributed by atoms with Gasteiger partial charge in [-0.2, -0.15) is 4.98 Å². The van der Waals surface area contributed by atoms with Crippen molar-refractivity contribution in [3.05, 3.63) is 53.4 Å². The summed E-state index contributed by atoms with van der Waals surface area (Å²) in [4.78, 5) is 19.0. The Balaban J connectivity index is 1.40. The molecule has 5 rings (SSSR count). The first-order chi connectivity index (χ1) is 13.6. The fourth-order valence-corrected chi connectivity index (χ4v) is 3.87. The standard InChI is InChI=1S/C21H19N3O4/c1-12-4-3-5-13(2)19(12)24-10-15(9-18(24)25)21-22-20(23-28-21)14-6-7-16-17(8-14)27-11-26-16/h3-8,15H,9-11H2,1-2H3. The molecule has 7 nitrogen and oxygen atoms in total. The molecule has 1 fully saturated rings. The highest BCUT2D eigenvalue weighted by atomic mass is 16.7. The molecule has 0 spiro atoms. The zero-order valence-electron chi connectivity index (χ0n) is 15.6. The molecular weight excluding hydrogens is 358 g/mol. The number of carbonyl (C=O) groups is 1. The molecule has 1 amide bonds. The second-order valence-electron chi connectivity index (χ2n) is 7.17. The number of hydrogen-bond acceptors (Lipinski definition) is 6. The number of amides is 1. The van der Waals surface area contributed by atoms with E-state index in [0.717, 1.165) is 22.4 Å². The summed E-state index contributed by atoms with van der Waals surface area (Å²) in [6.07, 6.45) is 0.358. The van der Waals surface area contributed by atoms with Crippen molar-refractivity contribution in [2.24, 2.45) is 0 Å². The minimum Gasteiger partial charge on any atom is -0.454 e. The molecule has 0 aliphatic carbocycles. The van der Waals surface area contributed by atoms with Gasteiger partial charge in [-0.1, -0.05) is 23.4 Å². The minimum atomic E-state index is -0.123. The van der Waals surface area contributed by atoms with Crippen LogP contribution in [-0.2, 0) is 4.79 Å². The summed E-state index contributed by atoms with van der Waals surface area (Å²) in [5.41, 5.74) is 3.93. The van der Waals surface area contributed by atoms with Crippen molar-refractivity contribution in [1.82, 2.24) is 10.1 Å². The molecule has 2 aliphatic rings. The van der Waals surface area contributed by atoms with Crippen LogP contribution in [0.15, 0.2) is 40.9 Å². The molecule has 7 heteroatoms. The predicted octanol–water partition coefficient (Wildman–Crippen LogP) is 3.60. The highest BCUT2D eigenvalue weighted by Gasteiger charge is 2.36. The van der Waals surface area contributed by atoms with Crippen molar-refractivity contribution < 1.29 is 18.8 Å². The first-order valence-electron chi connectivity index (χ1n) is 9.20. The molecule has 2 aromatic carbocycles. The van der Waals surface area contributed by atoms with E-state index < -0.39 is 0 Å². The van der Waals surface area contributed by atoms with Crippen molar-refractivity contribution >= 4 is 11.6 Å². The Bertz CT molecular complexity index is 1060. The fraction of sp³-hybridized carbons (Fsp3) is 0.286. The van der Waals surface area contributed by atoms with Crippen LogP contribution in [0.4, 0.5) is 5.69 Å². The summed E-state index contributed by atoms with van der Waals surface area (Å²) >= 11 is 0. The smallest absolute Gasteiger partial charge is 0.232 e. The second kappa shape index (κ2) is 6.37. The first kappa shape index (κ1) is 16.8. The van der Waals surface area contributed by atoms with Crippen molar-refractivity contribution in [2.75, 3.05) is 18.2 Å². The molecule has 1 unspecified atom stereocenters. The number of nitrogens with zero attached hydrogens (tertiary/aromatic N) is 3. The second-order valence-corrected chi connectivity index (χ2v) is 7.17. The molecule has 0 N–H and O–H groups in total. The molecule has 28 heavy (non-hydrogen) atoms. The molecule has 3 aromatic rings. The van der Waals surface area contributed by atoms with Gasteiger partial charge in [0.05, 0.1) is 5.92 Å². The molecule has 3 heterocycles. The van der Waals surface area contributed by atoms with E-state index in [4.69, 9.17) is 14.0 Å². The van der Waals surface area contributed by atoms with Gasteiger partial charge in [-0.05, 0) is 43.2 Å². The Labute approximate surface area is 161 Å². The van der Waals surface area contributed by atoms with Crippen LogP contribution >= 0.6 is 0 Å². The van der Waals surface area contributed by atoms with E-state index in [2.05, 4.69) is 10.1 Å². The third kappa shape index (κ3) is 2.70. The van der Waals surface area contributed by atoms with Crippen LogP contribution < -0.4 is 14.4 Å². The van der Waals surface area contributed by atoms with E-state index in [9.17, 15) is 4.79 Å². The number of anilines is 1. The quantitative estimate of drug-likeness (QED) is 0.694. The molecule has 0 saturated carbocycles. The maximum absolute atomic E-state index is 12.7. The molecule has 1 atom stereocenters. The zero-order valence-corrected chi connectivity index (χ0v) is 15.6. The molecule has 1 saturated heterocycles. The first-order valence-corrected chi connectivity index (χ1v) is 9.20. The maximum Gasteiger partial charge on any atom is 0.232 e. The molecule has 0 radical (unpaired) electrons. The van der Waals surface area contributed by atoms with E-state index in [-0.39, 0.29) is 18.6 Å². The van der Waals surface area contributed by atoms with Crippen LogP contribution in [0.2, 0.25) is 0 Å². The Morgan fingerprint density at radius 3 is 2.68 bits per heavy atom. The molecule has 1 aromatic heterocycles. The van der Waals surface area contributed by atoms with Gasteiger partial charge >= 0.3 is 0 Å². The van der Waals surface area contributed by atoms with Gasteiger partial charge in [0.15, 0.2) is 11.5 Å². The summed E-state index contributed by atoms with van der Waals surface area (Å²) < 4.78 is 16.2. The van der Waals surface area contributed by atoms with Gasteiger partial charge in [0.25, 0.3) is 0 Å². The van der Waals surface area contributed by atoms with E-state index in [1.54, 1.807) is 0 Å². The number of aryl methyl sites for hydroxylation is 2. The van der Waals surface area contributed by atoms with Gasteiger partial charge in [0.2, 0.25) is 24.4 Å². The predicted molar refractivity (Wildman–Crippen MR) is 101 cm³/mol. The van der Waals surface area contributed by atoms with Gasteiger partial charge in [-0.25, -0.2) is 0 Å².